The van der Waals surface area contributed by atoms with Crippen LogP contribution in [0.2, 0.25) is 0 Å². The first-order valence-corrected chi connectivity index (χ1v) is 12.7. The van der Waals surface area contributed by atoms with Gasteiger partial charge in [-0.15, -0.1) is 20.1 Å². The molecule has 2 atom stereocenters. The van der Waals surface area contributed by atoms with Crippen molar-refractivity contribution in [2.45, 2.75) is 38.6 Å². The number of anilines is 1. The Hall–Kier alpha value is -2.28. The Kier molecular flexibility index (Phi) is 6.56. The van der Waals surface area contributed by atoms with Crippen LogP contribution in [-0.2, 0) is 21.2 Å². The number of hydrogen-bond donors (Lipinski definition) is 4. The molecule has 0 saturated carbocycles. The zero-order chi connectivity index (χ0) is 23.0. The second-order valence-corrected chi connectivity index (χ2v) is 12.0. The third-order valence-corrected chi connectivity index (χ3v) is 7.76. The van der Waals surface area contributed by atoms with Crippen molar-refractivity contribution in [3.63, 3.8) is 0 Å². The molecule has 0 spiro atoms. The van der Waals surface area contributed by atoms with E-state index >= 15 is 0 Å². The monoisotopic (exact) mass is 483 g/mol. The van der Waals surface area contributed by atoms with Crippen molar-refractivity contribution in [3.8, 4) is 5.75 Å². The zero-order valence-electron chi connectivity index (χ0n) is 17.8. The fourth-order valence-electron chi connectivity index (χ4n) is 2.98. The summed E-state index contributed by atoms with van der Waals surface area (Å²) in [5, 5.41) is 16.7. The van der Waals surface area contributed by atoms with Gasteiger partial charge < -0.3 is 15.7 Å². The number of aryl methyl sites for hydroxylation is 1. The van der Waals surface area contributed by atoms with Crippen molar-refractivity contribution in [2.24, 2.45) is 14.2 Å². The zero-order valence-corrected chi connectivity index (χ0v) is 20.2. The SMILES string of the molecule is CNS(=O)(=O)c1cccc(NC2=NS(=O)N=C2N[C@@H](c2ccc(C)s2)C(C)(C)C)c1O. The summed E-state index contributed by atoms with van der Waals surface area (Å²) in [7, 11) is -2.61. The Bertz CT molecular complexity index is 1180. The van der Waals surface area contributed by atoms with E-state index < -0.39 is 26.9 Å². The van der Waals surface area contributed by atoms with Crippen LogP contribution in [0.15, 0.2) is 44.0 Å². The van der Waals surface area contributed by atoms with Crippen LogP contribution in [0, 0.1) is 12.3 Å². The Balaban J connectivity index is 1.92. The average molecular weight is 484 g/mol. The van der Waals surface area contributed by atoms with Crippen molar-refractivity contribution < 1.29 is 17.7 Å². The van der Waals surface area contributed by atoms with Gasteiger partial charge in [-0.05, 0) is 43.7 Å². The molecule has 0 bridgehead atoms. The highest BCUT2D eigenvalue weighted by molar-refractivity contribution is 7.89. The van der Waals surface area contributed by atoms with Crippen molar-refractivity contribution >= 4 is 49.9 Å². The minimum atomic E-state index is -3.87. The Morgan fingerprint density at radius 2 is 1.81 bits per heavy atom. The van der Waals surface area contributed by atoms with Crippen LogP contribution in [-0.4, -0.2) is 36.5 Å². The van der Waals surface area contributed by atoms with Gasteiger partial charge >= 0.3 is 0 Å². The van der Waals surface area contributed by atoms with Gasteiger partial charge in [-0.2, -0.15) is 0 Å². The lowest BCUT2D eigenvalue weighted by molar-refractivity contribution is 0.307. The van der Waals surface area contributed by atoms with Crippen LogP contribution in [0.25, 0.3) is 0 Å². The van der Waals surface area contributed by atoms with Gasteiger partial charge in [-0.3, -0.25) is 0 Å². The molecular formula is C19H25N5O4S3. The molecule has 1 aromatic heterocycles. The Labute approximate surface area is 188 Å². The summed E-state index contributed by atoms with van der Waals surface area (Å²) in [4.78, 5) is 1.98. The van der Waals surface area contributed by atoms with E-state index in [2.05, 4.69) is 44.9 Å². The summed E-state index contributed by atoms with van der Waals surface area (Å²) < 4.78 is 46.6. The van der Waals surface area contributed by atoms with Crippen molar-refractivity contribution in [3.05, 3.63) is 40.1 Å². The van der Waals surface area contributed by atoms with Gasteiger partial charge in [0.25, 0.3) is 11.2 Å². The quantitative estimate of drug-likeness (QED) is 0.484. The van der Waals surface area contributed by atoms with Gasteiger partial charge in [0.1, 0.15) is 4.90 Å². The summed E-state index contributed by atoms with van der Waals surface area (Å²) in [5.74, 6) is -0.0569. The van der Waals surface area contributed by atoms with Gasteiger partial charge in [0.05, 0.1) is 11.7 Å². The standard InChI is InChI=1S/C19H25N5O4S3/c1-11-9-10-13(29-11)16(19(2,3)4)22-18-17(23-30(26)24-18)21-12-7-6-8-14(15(12)25)31(27,28)20-5/h6-10,16,20,25H,1-5H3,(H,21,23)(H,22,24)/t16-,30?/m0/s1. The maximum atomic E-state index is 12.1. The first-order valence-electron chi connectivity index (χ1n) is 9.37. The van der Waals surface area contributed by atoms with E-state index in [1.54, 1.807) is 11.3 Å². The second-order valence-electron chi connectivity index (χ2n) is 7.99. The van der Waals surface area contributed by atoms with Crippen molar-refractivity contribution in [1.82, 2.24) is 10.0 Å². The summed E-state index contributed by atoms with van der Waals surface area (Å²) >= 11 is -0.185. The summed E-state index contributed by atoms with van der Waals surface area (Å²) in [6.45, 7) is 8.26. The molecular weight excluding hydrogens is 458 g/mol. The van der Waals surface area contributed by atoms with Crippen LogP contribution < -0.4 is 15.4 Å². The topological polar surface area (TPSA) is 132 Å². The minimum Gasteiger partial charge on any atom is -0.504 e. The molecule has 9 nitrogen and oxygen atoms in total. The lowest BCUT2D eigenvalue weighted by atomic mass is 9.85. The molecule has 0 aliphatic carbocycles. The number of aromatic hydroxyl groups is 1. The molecule has 1 aliphatic rings. The van der Waals surface area contributed by atoms with Gasteiger partial charge in [-0.1, -0.05) is 26.8 Å². The number of thiophene rings is 1. The number of para-hydroxylation sites is 1. The summed E-state index contributed by atoms with van der Waals surface area (Å²) in [6, 6.07) is 8.19. The number of rotatable bonds is 5. The fourth-order valence-corrected chi connectivity index (χ4v) is 5.62. The number of hydrogen-bond acceptors (Lipinski definition) is 7. The molecule has 2 aromatic rings. The average Bonchev–Trinajstić information content (AvgIpc) is 3.25. The van der Waals surface area contributed by atoms with Crippen LogP contribution in [0.5, 0.6) is 5.75 Å². The van der Waals surface area contributed by atoms with E-state index in [1.165, 1.54) is 30.1 Å². The molecule has 0 amide bonds. The third-order valence-electron chi connectivity index (χ3n) is 4.57. The van der Waals surface area contributed by atoms with Crippen molar-refractivity contribution in [1.29, 1.82) is 0 Å². The molecule has 31 heavy (non-hydrogen) atoms. The number of sulfonamides is 1. The molecule has 4 N–H and O–H groups in total. The van der Waals surface area contributed by atoms with E-state index in [4.69, 9.17) is 0 Å². The molecule has 3 rings (SSSR count). The largest absolute Gasteiger partial charge is 0.504 e. The number of phenolic OH excluding ortho intramolecular Hbond substituents is 1. The highest BCUT2D eigenvalue weighted by atomic mass is 32.2. The van der Waals surface area contributed by atoms with Crippen molar-refractivity contribution in [2.75, 3.05) is 12.4 Å². The number of nitrogens with one attached hydrogen (secondary N) is 3. The number of phenols is 1. The van der Waals surface area contributed by atoms with Gasteiger partial charge in [-0.25, -0.2) is 17.3 Å². The van der Waals surface area contributed by atoms with Crippen LogP contribution in [0.1, 0.15) is 36.6 Å². The molecule has 1 unspecified atom stereocenters. The minimum absolute atomic E-state index is 0.0998. The van der Waals surface area contributed by atoms with E-state index in [0.717, 1.165) is 4.88 Å². The lowest BCUT2D eigenvalue weighted by Gasteiger charge is -2.31. The molecule has 0 fully saturated rings. The van der Waals surface area contributed by atoms with Crippen LogP contribution in [0.3, 0.4) is 0 Å². The van der Waals surface area contributed by atoms with E-state index in [0.29, 0.717) is 0 Å². The first-order chi connectivity index (χ1) is 14.4. The van der Waals surface area contributed by atoms with Crippen LogP contribution >= 0.6 is 11.3 Å². The number of benzene rings is 1. The molecule has 1 aromatic carbocycles. The number of nitrogens with zero attached hydrogens (tertiary/aromatic N) is 2. The van der Waals surface area contributed by atoms with Gasteiger partial charge in [0.2, 0.25) is 10.0 Å². The normalized spacial score (nSPS) is 17.8. The van der Waals surface area contributed by atoms with Gasteiger partial charge in [0.15, 0.2) is 17.4 Å². The predicted molar refractivity (Wildman–Crippen MR) is 125 cm³/mol. The Morgan fingerprint density at radius 3 is 2.39 bits per heavy atom. The highest BCUT2D eigenvalue weighted by Crippen LogP contribution is 2.37. The lowest BCUT2D eigenvalue weighted by Crippen LogP contribution is -2.41. The maximum Gasteiger partial charge on any atom is 0.269 e. The maximum absolute atomic E-state index is 12.1. The first kappa shape index (κ1) is 23.4. The van der Waals surface area contributed by atoms with E-state index in [1.807, 2.05) is 19.1 Å². The highest BCUT2D eigenvalue weighted by Gasteiger charge is 2.32. The smallest absolute Gasteiger partial charge is 0.269 e. The molecule has 0 radical (unpaired) electrons. The van der Waals surface area contributed by atoms with E-state index in [-0.39, 0.29) is 33.7 Å². The molecule has 1 aliphatic heterocycles. The number of amidine groups is 2. The van der Waals surface area contributed by atoms with Gasteiger partial charge in [0, 0.05) is 9.75 Å². The van der Waals surface area contributed by atoms with E-state index in [9.17, 15) is 17.7 Å². The molecule has 2 heterocycles. The second kappa shape index (κ2) is 8.69. The third kappa shape index (κ3) is 5.14. The Morgan fingerprint density at radius 1 is 1.13 bits per heavy atom. The van der Waals surface area contributed by atoms with Crippen LogP contribution in [0.4, 0.5) is 5.69 Å². The molecule has 12 heteroatoms. The summed E-state index contributed by atoms with van der Waals surface area (Å²) in [5.41, 5.74) is -0.0967. The molecule has 168 valence electrons. The summed E-state index contributed by atoms with van der Waals surface area (Å²) in [6.07, 6.45) is 0. The fraction of sp³-hybridized carbons (Fsp3) is 0.368. The molecule has 0 saturated heterocycles. The predicted octanol–water partition coefficient (Wildman–Crippen LogP) is 2.85.